The number of nitrogens with zero attached hydrogens (tertiary/aromatic N) is 1. The van der Waals surface area contributed by atoms with Gasteiger partial charge in [0.2, 0.25) is 5.91 Å². The zero-order chi connectivity index (χ0) is 15.4. The van der Waals surface area contributed by atoms with Gasteiger partial charge in [0.1, 0.15) is 5.82 Å². The van der Waals surface area contributed by atoms with Gasteiger partial charge in [-0.1, -0.05) is 18.2 Å². The second-order valence-corrected chi connectivity index (χ2v) is 5.04. The second-order valence-electron chi connectivity index (χ2n) is 5.04. The number of carbonyl (C=O) groups is 1. The first kappa shape index (κ1) is 15.0. The lowest BCUT2D eigenvalue weighted by atomic mass is 10.1. The summed E-state index contributed by atoms with van der Waals surface area (Å²) in [4.78, 5) is 13.1. The van der Waals surface area contributed by atoms with Gasteiger partial charge in [0.15, 0.2) is 0 Å². The van der Waals surface area contributed by atoms with E-state index in [0.29, 0.717) is 29.9 Å². The maximum Gasteiger partial charge on any atom is 0.248 e. The summed E-state index contributed by atoms with van der Waals surface area (Å²) >= 11 is 0. The molecule has 2 aromatic rings. The van der Waals surface area contributed by atoms with Gasteiger partial charge in [-0.3, -0.25) is 9.69 Å². The van der Waals surface area contributed by atoms with Crippen molar-refractivity contribution in [1.29, 1.82) is 0 Å². The molecule has 0 fully saturated rings. The monoisotopic (exact) mass is 287 g/mol. The summed E-state index contributed by atoms with van der Waals surface area (Å²) in [6.45, 7) is 0.953. The number of para-hydroxylation sites is 1. The lowest BCUT2D eigenvalue weighted by molar-refractivity contribution is 0.1000. The number of hydrogen-bond donors (Lipinski definition) is 2. The van der Waals surface area contributed by atoms with E-state index in [4.69, 9.17) is 11.5 Å². The Morgan fingerprint density at radius 2 is 1.81 bits per heavy atom. The predicted molar refractivity (Wildman–Crippen MR) is 80.9 cm³/mol. The molecule has 4 nitrogen and oxygen atoms in total. The fourth-order valence-electron chi connectivity index (χ4n) is 2.16. The van der Waals surface area contributed by atoms with Gasteiger partial charge in [0, 0.05) is 29.9 Å². The Kier molecular flexibility index (Phi) is 4.55. The second kappa shape index (κ2) is 6.37. The van der Waals surface area contributed by atoms with Crippen molar-refractivity contribution in [2.24, 2.45) is 5.73 Å². The summed E-state index contributed by atoms with van der Waals surface area (Å²) in [6.07, 6.45) is 0. The zero-order valence-corrected chi connectivity index (χ0v) is 11.8. The van der Waals surface area contributed by atoms with E-state index >= 15 is 0 Å². The number of amides is 1. The third-order valence-corrected chi connectivity index (χ3v) is 3.27. The number of hydrogen-bond acceptors (Lipinski definition) is 3. The van der Waals surface area contributed by atoms with Crippen molar-refractivity contribution in [3.8, 4) is 0 Å². The van der Waals surface area contributed by atoms with E-state index < -0.39 is 5.91 Å². The number of nitrogen functional groups attached to an aromatic ring is 1. The highest BCUT2D eigenvalue weighted by atomic mass is 19.1. The molecule has 0 unspecified atom stereocenters. The molecule has 0 heterocycles. The normalized spacial score (nSPS) is 10.8. The summed E-state index contributed by atoms with van der Waals surface area (Å²) in [5.74, 6) is -0.918. The number of nitrogens with two attached hydrogens (primary N) is 2. The van der Waals surface area contributed by atoms with Gasteiger partial charge in [0.05, 0.1) is 0 Å². The highest BCUT2D eigenvalue weighted by Crippen LogP contribution is 2.16. The molecule has 5 heteroatoms. The van der Waals surface area contributed by atoms with Crippen LogP contribution in [0.25, 0.3) is 0 Å². The number of rotatable bonds is 5. The van der Waals surface area contributed by atoms with Crippen molar-refractivity contribution in [3.63, 3.8) is 0 Å². The van der Waals surface area contributed by atoms with Crippen LogP contribution in [-0.4, -0.2) is 17.9 Å². The van der Waals surface area contributed by atoms with Crippen LogP contribution in [0.3, 0.4) is 0 Å². The number of primary amides is 1. The van der Waals surface area contributed by atoms with Gasteiger partial charge >= 0.3 is 0 Å². The van der Waals surface area contributed by atoms with Crippen molar-refractivity contribution in [2.75, 3.05) is 12.8 Å². The van der Waals surface area contributed by atoms with E-state index in [1.54, 1.807) is 0 Å². The molecule has 2 aromatic carbocycles. The Bertz CT molecular complexity index is 658. The molecule has 21 heavy (non-hydrogen) atoms. The number of halogens is 1. The minimum absolute atomic E-state index is 0.305. The quantitative estimate of drug-likeness (QED) is 0.828. The maximum atomic E-state index is 13.8. The average molecular weight is 287 g/mol. The maximum absolute atomic E-state index is 13.8. The molecule has 2 rings (SSSR count). The Morgan fingerprint density at radius 1 is 1.14 bits per heavy atom. The summed E-state index contributed by atoms with van der Waals surface area (Å²) < 4.78 is 13.8. The summed E-state index contributed by atoms with van der Waals surface area (Å²) in [5.41, 5.74) is 13.5. The fourth-order valence-corrected chi connectivity index (χ4v) is 2.16. The number of anilines is 1. The first-order valence-corrected chi connectivity index (χ1v) is 6.57. The largest absolute Gasteiger partial charge is 0.398 e. The molecular weight excluding hydrogens is 269 g/mol. The lowest BCUT2D eigenvalue weighted by Gasteiger charge is -2.18. The van der Waals surface area contributed by atoms with Crippen molar-refractivity contribution in [1.82, 2.24) is 4.90 Å². The van der Waals surface area contributed by atoms with E-state index in [0.717, 1.165) is 5.56 Å². The fraction of sp³-hybridized carbons (Fsp3) is 0.188. The molecule has 0 aliphatic rings. The third-order valence-electron chi connectivity index (χ3n) is 3.27. The van der Waals surface area contributed by atoms with Gasteiger partial charge in [0.25, 0.3) is 0 Å². The average Bonchev–Trinajstić information content (AvgIpc) is 2.43. The highest BCUT2D eigenvalue weighted by molar-refractivity contribution is 5.92. The van der Waals surface area contributed by atoms with Crippen LogP contribution < -0.4 is 11.5 Å². The predicted octanol–water partition coefficient (Wildman–Crippen LogP) is 2.14. The SMILES string of the molecule is CN(Cc1ccccc1N)Cc1cc(C(N)=O)ccc1F. The Balaban J connectivity index is 2.12. The molecule has 110 valence electrons. The van der Waals surface area contributed by atoms with E-state index in [9.17, 15) is 9.18 Å². The molecule has 0 radical (unpaired) electrons. The third kappa shape index (κ3) is 3.79. The molecule has 0 aliphatic heterocycles. The smallest absolute Gasteiger partial charge is 0.248 e. The number of carbonyl (C=O) groups excluding carboxylic acids is 1. The zero-order valence-electron chi connectivity index (χ0n) is 11.8. The molecule has 0 aliphatic carbocycles. The van der Waals surface area contributed by atoms with E-state index in [1.807, 2.05) is 36.2 Å². The first-order chi connectivity index (χ1) is 9.97. The van der Waals surface area contributed by atoms with E-state index in [1.165, 1.54) is 18.2 Å². The first-order valence-electron chi connectivity index (χ1n) is 6.57. The summed E-state index contributed by atoms with van der Waals surface area (Å²) in [6, 6.07) is 11.7. The van der Waals surface area contributed by atoms with Gasteiger partial charge in [-0.15, -0.1) is 0 Å². The lowest BCUT2D eigenvalue weighted by Crippen LogP contribution is -2.19. The molecule has 0 spiro atoms. The van der Waals surface area contributed by atoms with Gasteiger partial charge in [-0.2, -0.15) is 0 Å². The van der Waals surface area contributed by atoms with Gasteiger partial charge in [-0.05, 0) is 36.9 Å². The van der Waals surface area contributed by atoms with Crippen molar-refractivity contribution >= 4 is 11.6 Å². The van der Waals surface area contributed by atoms with E-state index in [2.05, 4.69) is 0 Å². The Morgan fingerprint density at radius 3 is 2.48 bits per heavy atom. The van der Waals surface area contributed by atoms with Crippen molar-refractivity contribution in [3.05, 3.63) is 65.0 Å². The van der Waals surface area contributed by atoms with Crippen LogP contribution in [0.4, 0.5) is 10.1 Å². The molecule has 0 atom stereocenters. The molecular formula is C16H18FN3O. The Hall–Kier alpha value is -2.40. The van der Waals surface area contributed by atoms with Crippen LogP contribution in [0, 0.1) is 5.82 Å². The Labute approximate surface area is 123 Å². The van der Waals surface area contributed by atoms with Crippen molar-refractivity contribution < 1.29 is 9.18 Å². The van der Waals surface area contributed by atoms with E-state index in [-0.39, 0.29) is 5.82 Å². The van der Waals surface area contributed by atoms with Crippen LogP contribution >= 0.6 is 0 Å². The summed E-state index contributed by atoms with van der Waals surface area (Å²) in [5, 5.41) is 0. The minimum Gasteiger partial charge on any atom is -0.398 e. The van der Waals surface area contributed by atoms with Gasteiger partial charge in [-0.25, -0.2) is 4.39 Å². The van der Waals surface area contributed by atoms with Crippen LogP contribution in [0.2, 0.25) is 0 Å². The molecule has 1 amide bonds. The van der Waals surface area contributed by atoms with Crippen LogP contribution in [0.15, 0.2) is 42.5 Å². The number of benzene rings is 2. The molecule has 0 saturated carbocycles. The topological polar surface area (TPSA) is 72.3 Å². The van der Waals surface area contributed by atoms with Gasteiger partial charge < -0.3 is 11.5 Å². The molecule has 0 bridgehead atoms. The molecule has 0 saturated heterocycles. The molecule has 4 N–H and O–H groups in total. The minimum atomic E-state index is -0.564. The summed E-state index contributed by atoms with van der Waals surface area (Å²) in [7, 11) is 1.86. The highest BCUT2D eigenvalue weighted by Gasteiger charge is 2.10. The van der Waals surface area contributed by atoms with Crippen LogP contribution in [-0.2, 0) is 13.1 Å². The molecule has 0 aromatic heterocycles. The van der Waals surface area contributed by atoms with Crippen LogP contribution in [0.1, 0.15) is 21.5 Å². The van der Waals surface area contributed by atoms with Crippen LogP contribution in [0.5, 0.6) is 0 Å². The van der Waals surface area contributed by atoms with Crippen molar-refractivity contribution in [2.45, 2.75) is 13.1 Å². The standard InChI is InChI=1S/C16H18FN3O/c1-20(9-12-4-2-3-5-15(12)18)10-13-8-11(16(19)21)6-7-14(13)17/h2-8H,9-10,18H2,1H3,(H2,19,21).